The molecule has 0 radical (unpaired) electrons. The number of fused-ring (bicyclic) bond motifs is 1. The number of esters is 1. The van der Waals surface area contributed by atoms with E-state index in [9.17, 15) is 9.59 Å². The second-order valence-corrected chi connectivity index (χ2v) is 11.5. The van der Waals surface area contributed by atoms with Crippen molar-refractivity contribution in [3.05, 3.63) is 63.8 Å². The van der Waals surface area contributed by atoms with Gasteiger partial charge in [0.2, 0.25) is 5.91 Å². The highest BCUT2D eigenvalue weighted by Gasteiger charge is 2.29. The fraction of sp³-hybridized carbons (Fsp3) is 0.429. The molecule has 8 nitrogen and oxygen atoms in total. The standard InChI is InChI=1S/C28H34N4O4S2/c1-6-12-32-23(15-36-21-11-9-17(3)13-19(21)5)30-31-28(32)37-16-24(33)29-26-25(27(34)35-7-2)20-10-8-18(4)14-22(20)38-26/h6,9,11,13,18H,1,7-8,10,12,14-16H2,2-5H3,(H,29,33). The summed E-state index contributed by atoms with van der Waals surface area (Å²) in [5.74, 6) is 1.53. The molecule has 0 spiro atoms. The molecule has 0 bridgehead atoms. The van der Waals surface area contributed by atoms with Crippen molar-refractivity contribution in [2.24, 2.45) is 5.92 Å². The smallest absolute Gasteiger partial charge is 0.341 e. The zero-order valence-electron chi connectivity index (χ0n) is 22.3. The van der Waals surface area contributed by atoms with Crippen molar-refractivity contribution in [3.8, 4) is 5.75 Å². The minimum atomic E-state index is -0.373. The van der Waals surface area contributed by atoms with Crippen LogP contribution in [0.5, 0.6) is 5.75 Å². The molecule has 0 saturated heterocycles. The topological polar surface area (TPSA) is 95.3 Å². The van der Waals surface area contributed by atoms with E-state index in [1.165, 1.54) is 28.7 Å². The first kappa shape index (κ1) is 27.9. The Morgan fingerprint density at radius 1 is 1.32 bits per heavy atom. The number of thioether (sulfide) groups is 1. The average molecular weight is 555 g/mol. The Hall–Kier alpha value is -3.11. The zero-order chi connectivity index (χ0) is 27.2. The van der Waals surface area contributed by atoms with Gasteiger partial charge in [-0.3, -0.25) is 9.36 Å². The minimum Gasteiger partial charge on any atom is -0.485 e. The molecule has 10 heteroatoms. The van der Waals surface area contributed by atoms with E-state index in [1.54, 1.807) is 13.0 Å². The number of nitrogens with zero attached hydrogens (tertiary/aromatic N) is 3. The first-order valence-corrected chi connectivity index (χ1v) is 14.6. The number of nitrogens with one attached hydrogen (secondary N) is 1. The molecule has 1 aliphatic carbocycles. The number of rotatable bonds is 11. The number of hydrogen-bond acceptors (Lipinski definition) is 8. The molecule has 0 fully saturated rings. The van der Waals surface area contributed by atoms with Crippen molar-refractivity contribution >= 4 is 40.0 Å². The first-order chi connectivity index (χ1) is 18.3. The van der Waals surface area contributed by atoms with Crippen LogP contribution in [0, 0.1) is 19.8 Å². The van der Waals surface area contributed by atoms with Crippen molar-refractivity contribution in [2.45, 2.75) is 65.3 Å². The quantitative estimate of drug-likeness (QED) is 0.183. The third-order valence-corrected chi connectivity index (χ3v) is 8.51. The van der Waals surface area contributed by atoms with Crippen LogP contribution in [0.2, 0.25) is 0 Å². The predicted octanol–water partition coefficient (Wildman–Crippen LogP) is 5.75. The number of carbonyl (C=O) groups excluding carboxylic acids is 2. The molecule has 0 aliphatic heterocycles. The molecule has 1 atom stereocenters. The minimum absolute atomic E-state index is 0.119. The third kappa shape index (κ3) is 6.47. The fourth-order valence-electron chi connectivity index (χ4n) is 4.50. The number of ether oxygens (including phenoxy) is 2. The Balaban J connectivity index is 1.44. The van der Waals surface area contributed by atoms with Crippen LogP contribution >= 0.6 is 23.1 Å². The number of thiophene rings is 1. The summed E-state index contributed by atoms with van der Waals surface area (Å²) in [7, 11) is 0. The average Bonchev–Trinajstić information content (AvgIpc) is 3.42. The summed E-state index contributed by atoms with van der Waals surface area (Å²) in [5, 5.41) is 12.7. The van der Waals surface area contributed by atoms with E-state index in [4.69, 9.17) is 9.47 Å². The summed E-state index contributed by atoms with van der Waals surface area (Å²) in [5.41, 5.74) is 3.76. The van der Waals surface area contributed by atoms with E-state index in [1.807, 2.05) is 30.5 Å². The van der Waals surface area contributed by atoms with E-state index in [0.717, 1.165) is 41.0 Å². The van der Waals surface area contributed by atoms with Gasteiger partial charge in [0.1, 0.15) is 17.4 Å². The van der Waals surface area contributed by atoms with Crippen molar-refractivity contribution < 1.29 is 19.1 Å². The zero-order valence-corrected chi connectivity index (χ0v) is 24.0. The Morgan fingerprint density at radius 3 is 2.87 bits per heavy atom. The van der Waals surface area contributed by atoms with Crippen molar-refractivity contribution in [1.82, 2.24) is 14.8 Å². The summed E-state index contributed by atoms with van der Waals surface area (Å²) in [6.45, 7) is 12.9. The molecule has 1 N–H and O–H groups in total. The Morgan fingerprint density at radius 2 is 2.13 bits per heavy atom. The second-order valence-electron chi connectivity index (χ2n) is 9.47. The molecular weight excluding hydrogens is 520 g/mol. The number of aryl methyl sites for hydroxylation is 2. The van der Waals surface area contributed by atoms with Gasteiger partial charge in [0.05, 0.1) is 17.9 Å². The van der Waals surface area contributed by atoms with Gasteiger partial charge in [0.15, 0.2) is 11.0 Å². The van der Waals surface area contributed by atoms with Gasteiger partial charge >= 0.3 is 5.97 Å². The van der Waals surface area contributed by atoms with Crippen LogP contribution < -0.4 is 10.1 Å². The van der Waals surface area contributed by atoms with E-state index in [-0.39, 0.29) is 30.8 Å². The highest BCUT2D eigenvalue weighted by molar-refractivity contribution is 7.99. The van der Waals surface area contributed by atoms with Gasteiger partial charge in [-0.1, -0.05) is 42.5 Å². The van der Waals surface area contributed by atoms with Gasteiger partial charge in [-0.25, -0.2) is 4.79 Å². The number of benzene rings is 1. The van der Waals surface area contributed by atoms with Crippen LogP contribution in [-0.2, 0) is 35.5 Å². The van der Waals surface area contributed by atoms with E-state index in [2.05, 4.69) is 35.1 Å². The molecule has 1 aliphatic rings. The number of allylic oxidation sites excluding steroid dienone is 1. The monoisotopic (exact) mass is 554 g/mol. The molecule has 202 valence electrons. The number of amides is 1. The summed E-state index contributed by atoms with van der Waals surface area (Å²) >= 11 is 2.77. The molecule has 1 amide bonds. The molecule has 2 aromatic heterocycles. The lowest BCUT2D eigenvalue weighted by Crippen LogP contribution is -2.18. The van der Waals surface area contributed by atoms with Crippen molar-refractivity contribution in [3.63, 3.8) is 0 Å². The summed E-state index contributed by atoms with van der Waals surface area (Å²) in [6, 6.07) is 6.03. The summed E-state index contributed by atoms with van der Waals surface area (Å²) in [6.07, 6.45) is 4.52. The number of carbonyl (C=O) groups is 2. The second kappa shape index (κ2) is 12.6. The molecule has 4 rings (SSSR count). The molecule has 0 saturated carbocycles. The van der Waals surface area contributed by atoms with Crippen molar-refractivity contribution in [1.29, 1.82) is 0 Å². The number of hydrogen-bond donors (Lipinski definition) is 1. The lowest BCUT2D eigenvalue weighted by molar-refractivity contribution is -0.113. The maximum atomic E-state index is 13.0. The maximum Gasteiger partial charge on any atom is 0.341 e. The molecule has 38 heavy (non-hydrogen) atoms. The van der Waals surface area contributed by atoms with Gasteiger partial charge in [-0.15, -0.1) is 28.1 Å². The highest BCUT2D eigenvalue weighted by Crippen LogP contribution is 2.40. The SMILES string of the molecule is C=CCn1c(COc2ccc(C)cc2C)nnc1SCC(=O)Nc1sc2c(c1C(=O)OCC)CCC(C)C2. The first-order valence-electron chi connectivity index (χ1n) is 12.8. The predicted molar refractivity (Wildman–Crippen MR) is 151 cm³/mol. The lowest BCUT2D eigenvalue weighted by Gasteiger charge is -2.18. The van der Waals surface area contributed by atoms with Crippen LogP contribution in [0.4, 0.5) is 5.00 Å². The molecular formula is C28H34N4O4S2. The molecule has 2 heterocycles. The fourth-order valence-corrected chi connectivity index (χ4v) is 6.68. The van der Waals surface area contributed by atoms with Crippen LogP contribution in [0.3, 0.4) is 0 Å². The van der Waals surface area contributed by atoms with Crippen LogP contribution in [0.15, 0.2) is 36.0 Å². The Kier molecular flexibility index (Phi) is 9.27. The Labute approximate surface area is 231 Å². The molecule has 3 aromatic rings. The van der Waals surface area contributed by atoms with Crippen LogP contribution in [0.1, 0.15) is 58.0 Å². The number of anilines is 1. The van der Waals surface area contributed by atoms with Gasteiger partial charge in [-0.05, 0) is 63.1 Å². The van der Waals surface area contributed by atoms with Crippen LogP contribution in [-0.4, -0.2) is 39.0 Å². The van der Waals surface area contributed by atoms with Gasteiger partial charge < -0.3 is 14.8 Å². The lowest BCUT2D eigenvalue weighted by atomic mass is 9.88. The normalized spacial score (nSPS) is 14.6. The van der Waals surface area contributed by atoms with Crippen LogP contribution in [0.25, 0.3) is 0 Å². The summed E-state index contributed by atoms with van der Waals surface area (Å²) in [4.78, 5) is 26.9. The Bertz CT molecular complexity index is 1330. The molecule has 1 unspecified atom stereocenters. The van der Waals surface area contributed by atoms with E-state index >= 15 is 0 Å². The number of aromatic nitrogens is 3. The van der Waals surface area contributed by atoms with Gasteiger partial charge in [0, 0.05) is 11.4 Å². The van der Waals surface area contributed by atoms with Crippen molar-refractivity contribution in [2.75, 3.05) is 17.7 Å². The van der Waals surface area contributed by atoms with E-state index in [0.29, 0.717) is 34.0 Å². The largest absolute Gasteiger partial charge is 0.485 e. The van der Waals surface area contributed by atoms with E-state index < -0.39 is 0 Å². The third-order valence-electron chi connectivity index (χ3n) is 6.37. The van der Waals surface area contributed by atoms with Gasteiger partial charge in [-0.2, -0.15) is 0 Å². The van der Waals surface area contributed by atoms with Gasteiger partial charge in [0.25, 0.3) is 0 Å². The highest BCUT2D eigenvalue weighted by atomic mass is 32.2. The molecule has 1 aromatic carbocycles. The maximum absolute atomic E-state index is 13.0. The summed E-state index contributed by atoms with van der Waals surface area (Å²) < 4.78 is 13.2.